The number of hydrogen-bond acceptors (Lipinski definition) is 5. The predicted molar refractivity (Wildman–Crippen MR) is 125 cm³/mol. The molecule has 0 radical (unpaired) electrons. The molecule has 0 spiro atoms. The molecule has 0 bridgehead atoms. The average Bonchev–Trinajstić information content (AvgIpc) is 3.07. The number of carbonyl (C=O) groups is 3. The lowest BCUT2D eigenvalue weighted by Gasteiger charge is -2.32. The minimum Gasteiger partial charge on any atom is -0.466 e. The zero-order valence-corrected chi connectivity index (χ0v) is 20.4. The summed E-state index contributed by atoms with van der Waals surface area (Å²) in [5.74, 6) is -1.16. The number of piperidine rings is 1. The molecule has 9 heteroatoms. The van der Waals surface area contributed by atoms with Gasteiger partial charge in [0.25, 0.3) is 5.91 Å². The van der Waals surface area contributed by atoms with Crippen LogP contribution < -0.4 is 0 Å². The Morgan fingerprint density at radius 1 is 1.21 bits per heavy atom. The van der Waals surface area contributed by atoms with Crippen molar-refractivity contribution in [2.75, 3.05) is 33.3 Å². The first-order valence-electron chi connectivity index (χ1n) is 11.2. The second-order valence-electron chi connectivity index (χ2n) is 8.49. The average molecular weight is 475 g/mol. The molecule has 3 rings (SSSR count). The van der Waals surface area contributed by atoms with Gasteiger partial charge in [-0.05, 0) is 39.2 Å². The SMILES string of the molecule is CCOC(=O)C1CCCN(C(=O)CN(C)C(=O)c2c(C)nn(Cc3ccc(C)cc3)c2Cl)C1. The Labute approximate surface area is 199 Å². The molecule has 1 aliphatic rings. The van der Waals surface area contributed by atoms with Crippen LogP contribution in [0, 0.1) is 19.8 Å². The number of likely N-dealkylation sites (N-methyl/N-ethyl adjacent to an activating group) is 1. The second-order valence-corrected chi connectivity index (χ2v) is 8.84. The normalized spacial score (nSPS) is 15.9. The molecule has 1 aliphatic heterocycles. The van der Waals surface area contributed by atoms with Crippen molar-refractivity contribution < 1.29 is 19.1 Å². The number of hydrogen-bond donors (Lipinski definition) is 0. The topological polar surface area (TPSA) is 84.7 Å². The zero-order valence-electron chi connectivity index (χ0n) is 19.6. The molecule has 2 amide bonds. The van der Waals surface area contributed by atoms with E-state index in [9.17, 15) is 14.4 Å². The number of amides is 2. The maximum absolute atomic E-state index is 13.1. The maximum atomic E-state index is 13.1. The van der Waals surface area contributed by atoms with Gasteiger partial charge in [-0.15, -0.1) is 0 Å². The van der Waals surface area contributed by atoms with Gasteiger partial charge in [0.15, 0.2) is 0 Å². The van der Waals surface area contributed by atoms with E-state index >= 15 is 0 Å². The highest BCUT2D eigenvalue weighted by atomic mass is 35.5. The van der Waals surface area contributed by atoms with Gasteiger partial charge in [-0.1, -0.05) is 41.4 Å². The first-order valence-corrected chi connectivity index (χ1v) is 11.6. The number of benzene rings is 1. The van der Waals surface area contributed by atoms with Crippen LogP contribution in [0.4, 0.5) is 0 Å². The van der Waals surface area contributed by atoms with Gasteiger partial charge >= 0.3 is 5.97 Å². The van der Waals surface area contributed by atoms with Crippen molar-refractivity contribution in [3.63, 3.8) is 0 Å². The summed E-state index contributed by atoms with van der Waals surface area (Å²) >= 11 is 6.52. The number of likely N-dealkylation sites (tertiary alicyclic amines) is 1. The fourth-order valence-electron chi connectivity index (χ4n) is 3.99. The molecule has 0 saturated carbocycles. The third kappa shape index (κ3) is 5.93. The molecule has 1 aromatic carbocycles. The van der Waals surface area contributed by atoms with Crippen molar-refractivity contribution in [3.05, 3.63) is 51.8 Å². The molecule has 1 aromatic heterocycles. The van der Waals surface area contributed by atoms with Crippen LogP contribution >= 0.6 is 11.6 Å². The van der Waals surface area contributed by atoms with Crippen LogP contribution in [0.25, 0.3) is 0 Å². The van der Waals surface area contributed by atoms with E-state index in [0.717, 1.165) is 17.5 Å². The molecule has 0 aliphatic carbocycles. The first kappa shape index (κ1) is 24.8. The molecule has 2 heterocycles. The van der Waals surface area contributed by atoms with Gasteiger partial charge in [-0.25, -0.2) is 4.68 Å². The van der Waals surface area contributed by atoms with E-state index in [4.69, 9.17) is 16.3 Å². The highest BCUT2D eigenvalue weighted by Gasteiger charge is 2.31. The highest BCUT2D eigenvalue weighted by molar-refractivity contribution is 6.33. The monoisotopic (exact) mass is 474 g/mol. The van der Waals surface area contributed by atoms with Crippen LogP contribution in [-0.4, -0.2) is 70.7 Å². The molecular weight excluding hydrogens is 444 g/mol. The molecule has 0 N–H and O–H groups in total. The van der Waals surface area contributed by atoms with Crippen molar-refractivity contribution in [1.82, 2.24) is 19.6 Å². The largest absolute Gasteiger partial charge is 0.466 e. The third-order valence-electron chi connectivity index (χ3n) is 5.85. The predicted octanol–water partition coefficient (Wildman–Crippen LogP) is 3.08. The lowest BCUT2D eigenvalue weighted by molar-refractivity contribution is -0.151. The first-order chi connectivity index (χ1) is 15.7. The van der Waals surface area contributed by atoms with E-state index in [-0.39, 0.29) is 35.4 Å². The van der Waals surface area contributed by atoms with Crippen LogP contribution in [-0.2, 0) is 20.9 Å². The summed E-state index contributed by atoms with van der Waals surface area (Å²) < 4.78 is 6.69. The molecule has 178 valence electrons. The summed E-state index contributed by atoms with van der Waals surface area (Å²) in [5, 5.41) is 4.69. The molecule has 8 nitrogen and oxygen atoms in total. The molecular formula is C24H31ClN4O4. The Balaban J connectivity index is 1.66. The number of nitrogens with zero attached hydrogens (tertiary/aromatic N) is 4. The van der Waals surface area contributed by atoms with E-state index in [1.54, 1.807) is 30.5 Å². The summed E-state index contributed by atoms with van der Waals surface area (Å²) in [7, 11) is 1.57. The lowest BCUT2D eigenvalue weighted by atomic mass is 9.98. The Bertz CT molecular complexity index is 1020. The number of carbonyl (C=O) groups excluding carboxylic acids is 3. The molecule has 1 unspecified atom stereocenters. The van der Waals surface area contributed by atoms with Crippen molar-refractivity contribution in [3.8, 4) is 0 Å². The van der Waals surface area contributed by atoms with Gasteiger partial charge in [0.2, 0.25) is 5.91 Å². The standard InChI is InChI=1S/C24H31ClN4O4/c1-5-33-24(32)19-7-6-12-28(14-19)20(30)15-27(4)23(31)21-17(3)26-29(22(21)25)13-18-10-8-16(2)9-11-18/h8-11,19H,5-7,12-15H2,1-4H3. The van der Waals surface area contributed by atoms with Crippen molar-refractivity contribution in [1.29, 1.82) is 0 Å². The van der Waals surface area contributed by atoms with E-state index in [0.29, 0.717) is 43.9 Å². The number of aromatic nitrogens is 2. The fraction of sp³-hybridized carbons (Fsp3) is 0.500. The minimum absolute atomic E-state index is 0.104. The van der Waals surface area contributed by atoms with Crippen LogP contribution in [0.5, 0.6) is 0 Å². The summed E-state index contributed by atoms with van der Waals surface area (Å²) in [6.07, 6.45) is 1.43. The molecule has 1 atom stereocenters. The Morgan fingerprint density at radius 3 is 2.58 bits per heavy atom. The smallest absolute Gasteiger partial charge is 0.310 e. The van der Waals surface area contributed by atoms with Crippen molar-refractivity contribution in [2.24, 2.45) is 5.92 Å². The number of halogens is 1. The fourth-order valence-corrected chi connectivity index (χ4v) is 4.30. The summed E-state index contributed by atoms with van der Waals surface area (Å²) in [5.41, 5.74) is 2.98. The number of ether oxygens (including phenoxy) is 1. The van der Waals surface area contributed by atoms with Gasteiger partial charge in [0, 0.05) is 20.1 Å². The summed E-state index contributed by atoms with van der Waals surface area (Å²) in [6.45, 7) is 7.04. The molecule has 1 saturated heterocycles. The van der Waals surface area contributed by atoms with E-state index in [1.165, 1.54) is 4.90 Å². The molecule has 1 fully saturated rings. The third-order valence-corrected chi connectivity index (χ3v) is 6.23. The van der Waals surface area contributed by atoms with E-state index in [1.807, 2.05) is 31.2 Å². The van der Waals surface area contributed by atoms with Gasteiger partial charge < -0.3 is 14.5 Å². The van der Waals surface area contributed by atoms with Crippen molar-refractivity contribution >= 4 is 29.4 Å². The summed E-state index contributed by atoms with van der Waals surface area (Å²) in [6, 6.07) is 8.02. The van der Waals surface area contributed by atoms with Gasteiger partial charge in [0.05, 0.1) is 36.9 Å². The maximum Gasteiger partial charge on any atom is 0.310 e. The van der Waals surface area contributed by atoms with E-state index < -0.39 is 0 Å². The van der Waals surface area contributed by atoms with Crippen LogP contribution in [0.2, 0.25) is 5.15 Å². The minimum atomic E-state index is -0.361. The van der Waals surface area contributed by atoms with Gasteiger partial charge in [0.1, 0.15) is 5.15 Å². The molecule has 33 heavy (non-hydrogen) atoms. The zero-order chi connectivity index (χ0) is 24.1. The highest BCUT2D eigenvalue weighted by Crippen LogP contribution is 2.23. The quantitative estimate of drug-likeness (QED) is 0.576. The molecule has 2 aromatic rings. The Hall–Kier alpha value is -2.87. The number of esters is 1. The summed E-state index contributed by atoms with van der Waals surface area (Å²) in [4.78, 5) is 41.0. The number of aryl methyl sites for hydroxylation is 2. The second kappa shape index (κ2) is 10.8. The van der Waals surface area contributed by atoms with Crippen molar-refractivity contribution in [2.45, 2.75) is 40.2 Å². The Kier molecular flexibility index (Phi) is 8.13. The lowest BCUT2D eigenvalue weighted by Crippen LogP contribution is -2.47. The van der Waals surface area contributed by atoms with Crippen LogP contribution in [0.1, 0.15) is 46.9 Å². The van der Waals surface area contributed by atoms with Gasteiger partial charge in [-0.2, -0.15) is 5.10 Å². The Morgan fingerprint density at radius 2 is 1.91 bits per heavy atom. The van der Waals surface area contributed by atoms with E-state index in [2.05, 4.69) is 5.10 Å². The van der Waals surface area contributed by atoms with Gasteiger partial charge in [-0.3, -0.25) is 14.4 Å². The van der Waals surface area contributed by atoms with Crippen LogP contribution in [0.3, 0.4) is 0 Å². The van der Waals surface area contributed by atoms with Crippen LogP contribution in [0.15, 0.2) is 24.3 Å². The number of rotatable bonds is 7.